The van der Waals surface area contributed by atoms with Crippen molar-refractivity contribution in [2.45, 2.75) is 43.3 Å². The predicted octanol–water partition coefficient (Wildman–Crippen LogP) is 1.58. The van der Waals surface area contributed by atoms with Gasteiger partial charge >= 0.3 is 0 Å². The number of benzene rings is 1. The average Bonchev–Trinajstić information content (AvgIpc) is 2.49. The minimum atomic E-state index is -3.58. The Bertz CT molecular complexity index is 622. The molecule has 0 aromatic heterocycles. The topological polar surface area (TPSA) is 64.6 Å². The fraction of sp³-hybridized carbons (Fsp3) is 0.600. The highest BCUT2D eigenvalue weighted by Gasteiger charge is 2.35. The predicted molar refractivity (Wildman–Crippen MR) is 79.3 cm³/mol. The summed E-state index contributed by atoms with van der Waals surface area (Å²) in [6, 6.07) is 5.75. The lowest BCUT2D eigenvalue weighted by Crippen LogP contribution is -2.49. The van der Waals surface area contributed by atoms with Crippen molar-refractivity contribution in [3.63, 3.8) is 0 Å². The summed E-state index contributed by atoms with van der Waals surface area (Å²) in [5, 5.41) is 0. The second kappa shape index (κ2) is 6.62. The van der Waals surface area contributed by atoms with Crippen LogP contribution in [0.5, 0.6) is 0 Å². The Morgan fingerprint density at radius 3 is 2.64 bits per heavy atom. The highest BCUT2D eigenvalue weighted by Crippen LogP contribution is 2.27. The SMILES string of the molecule is O=S(=O)(Cc1ccccc1F)NC1CCC2OCCOC2C1. The van der Waals surface area contributed by atoms with E-state index >= 15 is 0 Å². The lowest BCUT2D eigenvalue weighted by atomic mass is 9.90. The van der Waals surface area contributed by atoms with Crippen LogP contribution >= 0.6 is 0 Å². The molecule has 0 amide bonds. The lowest BCUT2D eigenvalue weighted by molar-refractivity contribution is -0.156. The fourth-order valence-corrected chi connectivity index (χ4v) is 4.54. The molecule has 7 heteroatoms. The van der Waals surface area contributed by atoms with Gasteiger partial charge in [0.2, 0.25) is 10.0 Å². The fourth-order valence-electron chi connectivity index (χ4n) is 3.09. The van der Waals surface area contributed by atoms with Crippen LogP contribution in [0.3, 0.4) is 0 Å². The smallest absolute Gasteiger partial charge is 0.216 e. The molecule has 1 aliphatic heterocycles. The number of hydrogen-bond donors (Lipinski definition) is 1. The molecular formula is C15H20FNO4S. The van der Waals surface area contributed by atoms with Crippen LogP contribution in [0.25, 0.3) is 0 Å². The van der Waals surface area contributed by atoms with Crippen molar-refractivity contribution in [1.82, 2.24) is 4.72 Å². The summed E-state index contributed by atoms with van der Waals surface area (Å²) in [6.45, 7) is 1.15. The molecule has 1 saturated carbocycles. The van der Waals surface area contributed by atoms with E-state index in [2.05, 4.69) is 4.72 Å². The van der Waals surface area contributed by atoms with Crippen LogP contribution in [0.15, 0.2) is 24.3 Å². The molecule has 0 radical (unpaired) electrons. The Morgan fingerprint density at radius 1 is 1.14 bits per heavy atom. The normalized spacial score (nSPS) is 29.0. The molecule has 5 nitrogen and oxygen atoms in total. The van der Waals surface area contributed by atoms with Gasteiger partial charge in [0.15, 0.2) is 0 Å². The summed E-state index contributed by atoms with van der Waals surface area (Å²) in [5.41, 5.74) is 0.181. The largest absolute Gasteiger partial charge is 0.373 e. The second-order valence-electron chi connectivity index (χ2n) is 5.80. The molecule has 122 valence electrons. The molecular weight excluding hydrogens is 309 g/mol. The minimum Gasteiger partial charge on any atom is -0.373 e. The van der Waals surface area contributed by atoms with Crippen LogP contribution in [0.1, 0.15) is 24.8 Å². The van der Waals surface area contributed by atoms with Gasteiger partial charge in [0.25, 0.3) is 0 Å². The summed E-state index contributed by atoms with van der Waals surface area (Å²) in [5.74, 6) is -0.845. The Labute approximate surface area is 129 Å². The van der Waals surface area contributed by atoms with Gasteiger partial charge in [0, 0.05) is 11.6 Å². The number of hydrogen-bond acceptors (Lipinski definition) is 4. The van der Waals surface area contributed by atoms with E-state index in [4.69, 9.17) is 9.47 Å². The average molecular weight is 329 g/mol. The molecule has 1 aromatic carbocycles. The number of ether oxygens (including phenoxy) is 2. The first-order chi connectivity index (χ1) is 10.5. The standard InChI is InChI=1S/C15H20FNO4S/c16-13-4-2-1-3-11(13)10-22(18,19)17-12-5-6-14-15(9-12)21-8-7-20-14/h1-4,12,14-15,17H,5-10H2. The Hall–Kier alpha value is -1.02. The van der Waals surface area contributed by atoms with E-state index in [1.807, 2.05) is 0 Å². The molecule has 1 N–H and O–H groups in total. The molecule has 0 bridgehead atoms. The van der Waals surface area contributed by atoms with E-state index in [1.54, 1.807) is 12.1 Å². The maximum absolute atomic E-state index is 13.6. The van der Waals surface area contributed by atoms with Crippen molar-refractivity contribution >= 4 is 10.0 Å². The molecule has 1 aromatic rings. The molecule has 1 aliphatic carbocycles. The molecule has 1 saturated heterocycles. The zero-order chi connectivity index (χ0) is 15.6. The van der Waals surface area contributed by atoms with E-state index in [0.29, 0.717) is 26.1 Å². The van der Waals surface area contributed by atoms with Crippen molar-refractivity contribution in [1.29, 1.82) is 0 Å². The monoisotopic (exact) mass is 329 g/mol. The zero-order valence-electron chi connectivity index (χ0n) is 12.2. The van der Waals surface area contributed by atoms with Gasteiger partial charge in [0.05, 0.1) is 31.2 Å². The minimum absolute atomic E-state index is 0.0522. The maximum Gasteiger partial charge on any atom is 0.216 e. The van der Waals surface area contributed by atoms with E-state index in [9.17, 15) is 12.8 Å². The van der Waals surface area contributed by atoms with Gasteiger partial charge in [-0.05, 0) is 25.3 Å². The van der Waals surface area contributed by atoms with Gasteiger partial charge in [-0.25, -0.2) is 17.5 Å². The van der Waals surface area contributed by atoms with Crippen LogP contribution in [0, 0.1) is 5.82 Å². The van der Waals surface area contributed by atoms with Crippen LogP contribution in [-0.2, 0) is 25.2 Å². The number of rotatable bonds is 4. The van der Waals surface area contributed by atoms with E-state index in [-0.39, 0.29) is 29.6 Å². The highest BCUT2D eigenvalue weighted by molar-refractivity contribution is 7.88. The molecule has 0 spiro atoms. The first-order valence-electron chi connectivity index (χ1n) is 7.50. The van der Waals surface area contributed by atoms with Gasteiger partial charge in [-0.1, -0.05) is 18.2 Å². The van der Waals surface area contributed by atoms with Gasteiger partial charge < -0.3 is 9.47 Å². The second-order valence-corrected chi connectivity index (χ2v) is 7.55. The summed E-state index contributed by atoms with van der Waals surface area (Å²) in [6.07, 6.45) is 2.10. The first-order valence-corrected chi connectivity index (χ1v) is 9.15. The Kier molecular flexibility index (Phi) is 4.77. The molecule has 1 heterocycles. The van der Waals surface area contributed by atoms with Gasteiger partial charge in [-0.15, -0.1) is 0 Å². The number of halogens is 1. The Morgan fingerprint density at radius 2 is 1.86 bits per heavy atom. The summed E-state index contributed by atoms with van der Waals surface area (Å²) in [7, 11) is -3.58. The summed E-state index contributed by atoms with van der Waals surface area (Å²) < 4.78 is 52.0. The highest BCUT2D eigenvalue weighted by atomic mass is 32.2. The third kappa shape index (κ3) is 3.84. The van der Waals surface area contributed by atoms with Crippen LogP contribution < -0.4 is 4.72 Å². The van der Waals surface area contributed by atoms with E-state index < -0.39 is 15.8 Å². The summed E-state index contributed by atoms with van der Waals surface area (Å²) in [4.78, 5) is 0. The molecule has 22 heavy (non-hydrogen) atoms. The zero-order valence-corrected chi connectivity index (χ0v) is 13.0. The van der Waals surface area contributed by atoms with Gasteiger partial charge in [-0.3, -0.25) is 0 Å². The summed E-state index contributed by atoms with van der Waals surface area (Å²) >= 11 is 0. The lowest BCUT2D eigenvalue weighted by Gasteiger charge is -2.38. The number of sulfonamides is 1. The van der Waals surface area contributed by atoms with E-state index in [1.165, 1.54) is 12.1 Å². The van der Waals surface area contributed by atoms with Crippen LogP contribution in [0.4, 0.5) is 4.39 Å². The van der Waals surface area contributed by atoms with Gasteiger partial charge in [-0.2, -0.15) is 0 Å². The molecule has 3 atom stereocenters. The van der Waals surface area contributed by atoms with Crippen LogP contribution in [-0.4, -0.2) is 39.9 Å². The third-order valence-corrected chi connectivity index (χ3v) is 5.51. The van der Waals surface area contributed by atoms with Crippen molar-refractivity contribution in [3.8, 4) is 0 Å². The maximum atomic E-state index is 13.6. The molecule has 2 fully saturated rings. The molecule has 3 unspecified atom stereocenters. The van der Waals surface area contributed by atoms with Crippen molar-refractivity contribution < 1.29 is 22.3 Å². The van der Waals surface area contributed by atoms with Crippen LogP contribution in [0.2, 0.25) is 0 Å². The van der Waals surface area contributed by atoms with Crippen molar-refractivity contribution in [2.75, 3.05) is 13.2 Å². The number of nitrogens with one attached hydrogen (secondary N) is 1. The first kappa shape index (κ1) is 15.9. The quantitative estimate of drug-likeness (QED) is 0.911. The number of fused-ring (bicyclic) bond motifs is 1. The molecule has 3 rings (SSSR count). The van der Waals surface area contributed by atoms with Crippen molar-refractivity contribution in [3.05, 3.63) is 35.6 Å². The van der Waals surface area contributed by atoms with Gasteiger partial charge in [0.1, 0.15) is 5.82 Å². The third-order valence-electron chi connectivity index (χ3n) is 4.13. The Balaban J connectivity index is 1.61. The molecule has 2 aliphatic rings. The van der Waals surface area contributed by atoms with Crippen molar-refractivity contribution in [2.24, 2.45) is 0 Å². The van der Waals surface area contributed by atoms with E-state index in [0.717, 1.165) is 6.42 Å².